The van der Waals surface area contributed by atoms with Crippen LogP contribution >= 0.6 is 0 Å². The predicted molar refractivity (Wildman–Crippen MR) is 261 cm³/mol. The molecular formula is C57H55N3. The molecule has 0 atom stereocenters. The number of anilines is 3. The third kappa shape index (κ3) is 5.14. The molecule has 0 saturated carbocycles. The molecule has 0 N–H and O–H groups in total. The van der Waals surface area contributed by atoms with Gasteiger partial charge in [0.05, 0.1) is 33.1 Å². The third-order valence-corrected chi connectivity index (χ3v) is 13.7. The Hall–Kier alpha value is -6.06. The number of para-hydroxylation sites is 1. The smallest absolute Gasteiger partial charge is 0.0620 e. The Labute approximate surface area is 353 Å². The number of rotatable bonds is 3. The van der Waals surface area contributed by atoms with E-state index >= 15 is 0 Å². The number of nitrogens with zero attached hydrogens (tertiary/aromatic N) is 3. The van der Waals surface area contributed by atoms with E-state index in [0.717, 1.165) is 5.69 Å². The van der Waals surface area contributed by atoms with Crippen molar-refractivity contribution in [2.45, 2.75) is 99.3 Å². The van der Waals surface area contributed by atoms with E-state index in [9.17, 15) is 0 Å². The maximum atomic E-state index is 2.59. The summed E-state index contributed by atoms with van der Waals surface area (Å²) in [5.41, 5.74) is 19.2. The van der Waals surface area contributed by atoms with Crippen molar-refractivity contribution in [2.24, 2.45) is 0 Å². The van der Waals surface area contributed by atoms with E-state index < -0.39 is 0 Å². The fraction of sp³-hybridized carbons (Fsp3) is 0.263. The molecule has 0 fully saturated rings. The fourth-order valence-corrected chi connectivity index (χ4v) is 10.3. The quantitative estimate of drug-likeness (QED) is 0.174. The van der Waals surface area contributed by atoms with Crippen molar-refractivity contribution in [1.82, 2.24) is 8.80 Å². The topological polar surface area (TPSA) is 12.1 Å². The molecule has 7 aromatic carbocycles. The number of hydrogen-bond acceptors (Lipinski definition) is 1. The van der Waals surface area contributed by atoms with Crippen molar-refractivity contribution in [2.75, 3.05) is 4.90 Å². The van der Waals surface area contributed by atoms with E-state index in [2.05, 4.69) is 212 Å². The minimum absolute atomic E-state index is 0.00218. The van der Waals surface area contributed by atoms with Gasteiger partial charge in [-0.25, -0.2) is 0 Å². The lowest BCUT2D eigenvalue weighted by molar-refractivity contribution is 0.590. The molecule has 0 unspecified atom stereocenters. The molecule has 0 bridgehead atoms. The molecule has 0 aliphatic rings. The van der Waals surface area contributed by atoms with Crippen LogP contribution in [0.25, 0.3) is 76.2 Å². The highest BCUT2D eigenvalue weighted by molar-refractivity contribution is 6.29. The summed E-state index contributed by atoms with van der Waals surface area (Å²) in [5.74, 6) is 0. The van der Waals surface area contributed by atoms with Crippen LogP contribution in [0, 0.1) is 20.8 Å². The SMILES string of the molecule is Cc1ccc(N(c2ccc3c4cc(C(C)(C)C)cc5c6cc7c(cc6n(c3c2)c45)c2cc(C(C)(C)C)cc3c4cc(C(C)(C)C)ccc4n7c32)c2ccccc2C)c(C)c1. The van der Waals surface area contributed by atoms with Gasteiger partial charge in [0.25, 0.3) is 0 Å². The molecule has 298 valence electrons. The minimum Gasteiger partial charge on any atom is -0.310 e. The van der Waals surface area contributed by atoms with Gasteiger partial charge in [-0.2, -0.15) is 0 Å². The van der Waals surface area contributed by atoms with E-state index in [1.807, 2.05) is 0 Å². The van der Waals surface area contributed by atoms with Crippen molar-refractivity contribution in [3.63, 3.8) is 0 Å². The van der Waals surface area contributed by atoms with Gasteiger partial charge in [-0.3, -0.25) is 0 Å². The standard InChI is InChI=1S/C57H55N3/c1-32-17-21-48(34(3)23-32)58(47-16-14-13-15-33(47)2)38-19-20-39-43-25-36(56(7,8)9)27-45-42-30-51-41(31-52(42)60(53(43)45)50(39)29-38)46-28-37(57(10,11)12)26-44-40-24-35(55(4,5)6)18-22-49(40)59(51)54(44)46/h13-31H,1-12H3. The molecule has 4 heterocycles. The molecule has 11 aromatic rings. The highest BCUT2D eigenvalue weighted by atomic mass is 15.1. The van der Waals surface area contributed by atoms with E-state index in [-0.39, 0.29) is 16.2 Å². The Morgan fingerprint density at radius 1 is 0.367 bits per heavy atom. The van der Waals surface area contributed by atoms with E-state index in [1.54, 1.807) is 0 Å². The Morgan fingerprint density at radius 2 is 0.850 bits per heavy atom. The first kappa shape index (κ1) is 37.0. The van der Waals surface area contributed by atoms with Gasteiger partial charge >= 0.3 is 0 Å². The van der Waals surface area contributed by atoms with Crippen LogP contribution in [0.1, 0.15) is 95.7 Å². The molecule has 0 amide bonds. The van der Waals surface area contributed by atoms with Gasteiger partial charge in [0.1, 0.15) is 0 Å². The molecule has 0 radical (unpaired) electrons. The van der Waals surface area contributed by atoms with E-state index in [1.165, 1.54) is 121 Å². The summed E-state index contributed by atoms with van der Waals surface area (Å²) >= 11 is 0. The van der Waals surface area contributed by atoms with Crippen LogP contribution in [0.2, 0.25) is 0 Å². The van der Waals surface area contributed by atoms with Crippen LogP contribution in [0.15, 0.2) is 115 Å². The van der Waals surface area contributed by atoms with Crippen LogP contribution in [-0.2, 0) is 16.2 Å². The molecule has 3 nitrogen and oxygen atoms in total. The lowest BCUT2D eigenvalue weighted by Gasteiger charge is -2.28. The number of fused-ring (bicyclic) bond motifs is 12. The lowest BCUT2D eigenvalue weighted by atomic mass is 9.84. The summed E-state index contributed by atoms with van der Waals surface area (Å²) in [6.07, 6.45) is 0. The van der Waals surface area contributed by atoms with Gasteiger partial charge < -0.3 is 13.7 Å². The Morgan fingerprint density at radius 3 is 1.40 bits per heavy atom. The minimum atomic E-state index is -0.0176. The summed E-state index contributed by atoms with van der Waals surface area (Å²) < 4.78 is 5.17. The van der Waals surface area contributed by atoms with Crippen LogP contribution in [-0.4, -0.2) is 8.80 Å². The molecule has 3 heteroatoms. The first-order valence-corrected chi connectivity index (χ1v) is 21.8. The second kappa shape index (κ2) is 12.0. The zero-order valence-corrected chi connectivity index (χ0v) is 37.3. The first-order chi connectivity index (χ1) is 28.4. The Kier molecular flexibility index (Phi) is 7.42. The Balaban J connectivity index is 1.29. The molecule has 0 saturated heterocycles. The summed E-state index contributed by atoms with van der Waals surface area (Å²) in [7, 11) is 0. The number of aromatic nitrogens is 2. The highest BCUT2D eigenvalue weighted by Gasteiger charge is 2.28. The van der Waals surface area contributed by atoms with Crippen molar-refractivity contribution < 1.29 is 0 Å². The van der Waals surface area contributed by atoms with Gasteiger partial charge in [-0.1, -0.05) is 110 Å². The van der Waals surface area contributed by atoms with Gasteiger partial charge in [-0.05, 0) is 138 Å². The maximum Gasteiger partial charge on any atom is 0.0620 e. The van der Waals surface area contributed by atoms with Crippen LogP contribution in [0.5, 0.6) is 0 Å². The average molecular weight is 782 g/mol. The van der Waals surface area contributed by atoms with Crippen molar-refractivity contribution >= 4 is 93.3 Å². The second-order valence-electron chi connectivity index (χ2n) is 21.0. The normalized spacial score (nSPS) is 13.3. The predicted octanol–water partition coefficient (Wildman–Crippen LogP) is 16.3. The summed E-state index contributed by atoms with van der Waals surface area (Å²) in [6.45, 7) is 27.7. The van der Waals surface area contributed by atoms with Crippen LogP contribution in [0.4, 0.5) is 17.1 Å². The first-order valence-electron chi connectivity index (χ1n) is 21.8. The molecular weight excluding hydrogens is 727 g/mol. The zero-order valence-electron chi connectivity index (χ0n) is 37.3. The van der Waals surface area contributed by atoms with Gasteiger partial charge in [0, 0.05) is 60.2 Å². The third-order valence-electron chi connectivity index (χ3n) is 13.7. The molecule has 0 spiro atoms. The highest BCUT2D eigenvalue weighted by Crippen LogP contribution is 2.49. The van der Waals surface area contributed by atoms with Crippen molar-refractivity contribution in [1.29, 1.82) is 0 Å². The fourth-order valence-electron chi connectivity index (χ4n) is 10.3. The summed E-state index contributed by atoms with van der Waals surface area (Å²) in [6, 6.07) is 45.0. The molecule has 60 heavy (non-hydrogen) atoms. The number of benzene rings is 7. The van der Waals surface area contributed by atoms with Gasteiger partial charge in [-0.15, -0.1) is 0 Å². The Bertz CT molecular complexity index is 3570. The largest absolute Gasteiger partial charge is 0.310 e. The zero-order chi connectivity index (χ0) is 41.9. The van der Waals surface area contributed by atoms with Gasteiger partial charge in [0.15, 0.2) is 0 Å². The van der Waals surface area contributed by atoms with Crippen LogP contribution in [0.3, 0.4) is 0 Å². The molecule has 0 aliphatic carbocycles. The van der Waals surface area contributed by atoms with Crippen LogP contribution < -0.4 is 4.90 Å². The van der Waals surface area contributed by atoms with Crippen molar-refractivity contribution in [3.8, 4) is 0 Å². The van der Waals surface area contributed by atoms with Gasteiger partial charge in [0.2, 0.25) is 0 Å². The second-order valence-corrected chi connectivity index (χ2v) is 21.0. The number of hydrogen-bond donors (Lipinski definition) is 0. The van der Waals surface area contributed by atoms with Crippen molar-refractivity contribution in [3.05, 3.63) is 149 Å². The molecule has 0 aliphatic heterocycles. The summed E-state index contributed by atoms with van der Waals surface area (Å²) in [4.78, 5) is 2.47. The monoisotopic (exact) mass is 781 g/mol. The lowest BCUT2D eigenvalue weighted by Crippen LogP contribution is -2.12. The number of aryl methyl sites for hydroxylation is 3. The molecule has 11 rings (SSSR count). The average Bonchev–Trinajstić information content (AvgIpc) is 3.90. The summed E-state index contributed by atoms with van der Waals surface area (Å²) in [5, 5.41) is 10.6. The molecule has 4 aromatic heterocycles. The van der Waals surface area contributed by atoms with E-state index in [0.29, 0.717) is 0 Å². The van der Waals surface area contributed by atoms with E-state index in [4.69, 9.17) is 0 Å². The maximum absolute atomic E-state index is 2.59.